The molecule has 0 fully saturated rings. The van der Waals surface area contributed by atoms with Gasteiger partial charge in [0.05, 0.1) is 29.8 Å². The van der Waals surface area contributed by atoms with Crippen molar-refractivity contribution in [2.24, 2.45) is 0 Å². The second-order valence-corrected chi connectivity index (χ2v) is 7.56. The maximum atomic E-state index is 11.8. The molecule has 1 rings (SSSR count). The fraction of sp³-hybridized carbons (Fsp3) is 0.700. The summed E-state index contributed by atoms with van der Waals surface area (Å²) in [6.45, 7) is 5.30. The van der Waals surface area contributed by atoms with E-state index in [4.69, 9.17) is 5.11 Å². The van der Waals surface area contributed by atoms with Crippen LogP contribution in [0.2, 0.25) is 0 Å². The second kappa shape index (κ2) is 4.55. The normalized spacial score (nSPS) is 13.0. The number of rotatable bonds is 4. The van der Waals surface area contributed by atoms with Gasteiger partial charge in [0, 0.05) is 11.8 Å². The minimum absolute atomic E-state index is 0.0586. The summed E-state index contributed by atoms with van der Waals surface area (Å²) in [5.41, 5.74) is 0.688. The van der Waals surface area contributed by atoms with Gasteiger partial charge in [0.2, 0.25) is 0 Å². The van der Waals surface area contributed by atoms with Crippen LogP contribution in [0, 0.1) is 0 Å². The Morgan fingerprint density at radius 3 is 2.50 bits per heavy atom. The number of aliphatic hydroxyl groups is 1. The predicted molar refractivity (Wildman–Crippen MR) is 61.7 cm³/mol. The molecule has 5 nitrogen and oxygen atoms in total. The van der Waals surface area contributed by atoms with Crippen molar-refractivity contribution in [2.45, 2.75) is 38.7 Å². The molecule has 1 aromatic heterocycles. The van der Waals surface area contributed by atoms with Crippen LogP contribution >= 0.6 is 0 Å². The van der Waals surface area contributed by atoms with Crippen LogP contribution in [-0.2, 0) is 23.0 Å². The van der Waals surface area contributed by atoms with Gasteiger partial charge in [-0.25, -0.2) is 8.42 Å². The first-order valence-corrected chi connectivity index (χ1v) is 6.76. The highest BCUT2D eigenvalue weighted by atomic mass is 32.2. The molecular weight excluding hydrogens is 228 g/mol. The maximum absolute atomic E-state index is 11.8. The van der Waals surface area contributed by atoms with Gasteiger partial charge in [-0.15, -0.1) is 0 Å². The van der Waals surface area contributed by atoms with Gasteiger partial charge < -0.3 is 5.11 Å². The van der Waals surface area contributed by atoms with Crippen LogP contribution in [0.5, 0.6) is 0 Å². The molecule has 1 heterocycles. The van der Waals surface area contributed by atoms with Crippen LogP contribution in [0.1, 0.15) is 26.3 Å². The zero-order valence-corrected chi connectivity index (χ0v) is 10.7. The number of nitrogens with zero attached hydrogens (tertiary/aromatic N) is 2. The largest absolute Gasteiger partial charge is 0.392 e. The lowest BCUT2D eigenvalue weighted by molar-refractivity contribution is 0.281. The van der Waals surface area contributed by atoms with E-state index < -0.39 is 14.6 Å². The van der Waals surface area contributed by atoms with Crippen LogP contribution in [0.25, 0.3) is 0 Å². The van der Waals surface area contributed by atoms with E-state index >= 15 is 0 Å². The van der Waals surface area contributed by atoms with Gasteiger partial charge in [0.25, 0.3) is 0 Å². The molecule has 0 unspecified atom stereocenters. The molecular formula is C10H18N2O3S. The van der Waals surface area contributed by atoms with Crippen molar-refractivity contribution in [3.8, 4) is 0 Å². The first-order chi connectivity index (χ1) is 7.26. The summed E-state index contributed by atoms with van der Waals surface area (Å²) in [6, 6.07) is 0. The Balaban J connectivity index is 2.65. The van der Waals surface area contributed by atoms with Gasteiger partial charge in [-0.3, -0.25) is 4.68 Å². The van der Waals surface area contributed by atoms with Gasteiger partial charge >= 0.3 is 0 Å². The van der Waals surface area contributed by atoms with Crippen LogP contribution in [0.4, 0.5) is 0 Å². The summed E-state index contributed by atoms with van der Waals surface area (Å²) >= 11 is 0. The Morgan fingerprint density at radius 2 is 2.06 bits per heavy atom. The quantitative estimate of drug-likeness (QED) is 0.844. The zero-order chi connectivity index (χ0) is 12.4. The average molecular weight is 246 g/mol. The summed E-state index contributed by atoms with van der Waals surface area (Å²) in [4.78, 5) is 0. The van der Waals surface area contributed by atoms with Crippen LogP contribution < -0.4 is 0 Å². The molecule has 0 aliphatic heterocycles. The molecule has 92 valence electrons. The summed E-state index contributed by atoms with van der Waals surface area (Å²) in [7, 11) is -3.12. The van der Waals surface area contributed by atoms with Crippen LogP contribution in [0.15, 0.2) is 12.4 Å². The first-order valence-electron chi connectivity index (χ1n) is 5.11. The number of aromatic nitrogens is 2. The highest BCUT2D eigenvalue weighted by Crippen LogP contribution is 2.16. The van der Waals surface area contributed by atoms with Crippen LogP contribution in [0.3, 0.4) is 0 Å². The van der Waals surface area contributed by atoms with Gasteiger partial charge in [-0.1, -0.05) is 0 Å². The average Bonchev–Trinajstić information content (AvgIpc) is 2.60. The molecule has 1 aromatic rings. The predicted octanol–water partition coefficient (Wildman–Crippen LogP) is 0.589. The zero-order valence-electron chi connectivity index (χ0n) is 9.84. The van der Waals surface area contributed by atoms with Gasteiger partial charge in [-0.2, -0.15) is 5.10 Å². The fourth-order valence-electron chi connectivity index (χ4n) is 1.13. The SMILES string of the molecule is CC(C)(C)S(=O)(=O)CCn1cc(CO)cn1. The molecule has 0 aliphatic rings. The third-order valence-electron chi connectivity index (χ3n) is 2.39. The molecule has 1 N–H and O–H groups in total. The van der Waals surface area contributed by atoms with Crippen molar-refractivity contribution in [3.05, 3.63) is 18.0 Å². The molecule has 0 atom stereocenters. The van der Waals surface area contributed by atoms with E-state index in [0.717, 1.165) is 0 Å². The Bertz CT molecular complexity index is 443. The van der Waals surface area contributed by atoms with Gasteiger partial charge in [0.15, 0.2) is 9.84 Å². The first kappa shape index (κ1) is 13.2. The topological polar surface area (TPSA) is 72.2 Å². The van der Waals surface area contributed by atoms with E-state index in [0.29, 0.717) is 12.1 Å². The van der Waals surface area contributed by atoms with E-state index in [9.17, 15) is 8.42 Å². The Morgan fingerprint density at radius 1 is 1.44 bits per heavy atom. The highest BCUT2D eigenvalue weighted by Gasteiger charge is 2.28. The lowest BCUT2D eigenvalue weighted by Crippen LogP contribution is -2.32. The van der Waals surface area contributed by atoms with Crippen molar-refractivity contribution in [3.63, 3.8) is 0 Å². The monoisotopic (exact) mass is 246 g/mol. The minimum Gasteiger partial charge on any atom is -0.392 e. The number of hydrogen-bond donors (Lipinski definition) is 1. The van der Waals surface area contributed by atoms with Crippen molar-refractivity contribution in [1.29, 1.82) is 0 Å². The molecule has 16 heavy (non-hydrogen) atoms. The lowest BCUT2D eigenvalue weighted by Gasteiger charge is -2.18. The molecule has 0 saturated carbocycles. The van der Waals surface area contributed by atoms with E-state index in [2.05, 4.69) is 5.10 Å². The summed E-state index contributed by atoms with van der Waals surface area (Å²) in [5.74, 6) is 0.0586. The second-order valence-electron chi connectivity index (χ2n) is 4.70. The minimum atomic E-state index is -3.12. The number of sulfone groups is 1. The van der Waals surface area contributed by atoms with Crippen molar-refractivity contribution >= 4 is 9.84 Å². The van der Waals surface area contributed by atoms with Crippen molar-refractivity contribution in [2.75, 3.05) is 5.75 Å². The van der Waals surface area contributed by atoms with E-state index in [1.165, 1.54) is 10.9 Å². The van der Waals surface area contributed by atoms with Gasteiger partial charge in [0.1, 0.15) is 0 Å². The Hall–Kier alpha value is -0.880. The maximum Gasteiger partial charge on any atom is 0.157 e. The van der Waals surface area contributed by atoms with E-state index in [-0.39, 0.29) is 12.4 Å². The molecule has 0 aromatic carbocycles. The highest BCUT2D eigenvalue weighted by molar-refractivity contribution is 7.92. The van der Waals surface area contributed by atoms with Crippen molar-refractivity contribution < 1.29 is 13.5 Å². The molecule has 0 saturated heterocycles. The molecule has 0 bridgehead atoms. The molecule has 0 amide bonds. The molecule has 0 radical (unpaired) electrons. The number of aliphatic hydroxyl groups excluding tert-OH is 1. The molecule has 6 heteroatoms. The Kier molecular flexibility index (Phi) is 3.75. The van der Waals surface area contributed by atoms with E-state index in [1.807, 2.05) is 0 Å². The number of aryl methyl sites for hydroxylation is 1. The van der Waals surface area contributed by atoms with Crippen molar-refractivity contribution in [1.82, 2.24) is 9.78 Å². The third-order valence-corrected chi connectivity index (χ3v) is 4.98. The lowest BCUT2D eigenvalue weighted by atomic mass is 10.3. The third kappa shape index (κ3) is 3.05. The van der Waals surface area contributed by atoms with Crippen LogP contribution in [-0.4, -0.2) is 33.8 Å². The summed E-state index contributed by atoms with van der Waals surface area (Å²) in [6.07, 6.45) is 3.18. The Labute approximate surface area is 96.0 Å². The smallest absolute Gasteiger partial charge is 0.157 e. The molecule has 0 aliphatic carbocycles. The fourth-order valence-corrected chi connectivity index (χ4v) is 2.17. The van der Waals surface area contributed by atoms with E-state index in [1.54, 1.807) is 27.0 Å². The molecule has 0 spiro atoms. The summed E-state index contributed by atoms with van der Waals surface area (Å²) in [5, 5.41) is 12.8. The summed E-state index contributed by atoms with van der Waals surface area (Å²) < 4.78 is 24.4. The standard InChI is InChI=1S/C10H18N2O3S/c1-10(2,3)16(14,15)5-4-12-7-9(8-13)6-11-12/h6-7,13H,4-5,8H2,1-3H3. The van der Waals surface area contributed by atoms with Gasteiger partial charge in [-0.05, 0) is 20.8 Å². The number of hydrogen-bond acceptors (Lipinski definition) is 4.